The van der Waals surface area contributed by atoms with E-state index in [4.69, 9.17) is 0 Å². The zero-order valence-corrected chi connectivity index (χ0v) is 14.4. The lowest BCUT2D eigenvalue weighted by Gasteiger charge is -2.08. The molecule has 0 atom stereocenters. The fraction of sp³-hybridized carbons (Fsp3) is 0.167. The number of benzene rings is 1. The molecule has 1 N–H and O–H groups in total. The minimum atomic E-state index is 0.355. The van der Waals surface area contributed by atoms with E-state index in [-0.39, 0.29) is 0 Å². The van der Waals surface area contributed by atoms with Gasteiger partial charge < -0.3 is 5.11 Å². The fourth-order valence-electron chi connectivity index (χ4n) is 1.77. The first-order valence-electron chi connectivity index (χ1n) is 5.58. The number of phenolic OH excluding ortho intramolecular Hbond substituents is 1. The standard InChI is InChI=1S/C12H8OS6/c13-6-1-2-7-8(5-6)17-11(16-7)12-18-9-10(19-12)15-4-3-14-9/h1-2,5,13H,3-4H2. The Kier molecular flexibility index (Phi) is 3.79. The van der Waals surface area contributed by atoms with Crippen LogP contribution in [0.5, 0.6) is 5.75 Å². The summed E-state index contributed by atoms with van der Waals surface area (Å²) in [5.74, 6) is 2.82. The van der Waals surface area contributed by atoms with Gasteiger partial charge >= 0.3 is 0 Å². The predicted octanol–water partition coefficient (Wildman–Crippen LogP) is 5.80. The first-order chi connectivity index (χ1) is 9.29. The quantitative estimate of drug-likeness (QED) is 0.622. The van der Waals surface area contributed by atoms with Gasteiger partial charge in [-0.3, -0.25) is 0 Å². The van der Waals surface area contributed by atoms with Crippen molar-refractivity contribution in [3.05, 3.63) is 35.1 Å². The fourth-order valence-corrected chi connectivity index (χ4v) is 10.5. The molecule has 0 saturated carbocycles. The second-order valence-corrected chi connectivity index (χ2v) is 11.3. The summed E-state index contributed by atoms with van der Waals surface area (Å²) >= 11 is 11.5. The van der Waals surface area contributed by atoms with Gasteiger partial charge in [-0.05, 0) is 18.2 Å². The van der Waals surface area contributed by atoms with Gasteiger partial charge in [0.25, 0.3) is 0 Å². The highest BCUT2D eigenvalue weighted by Crippen LogP contribution is 2.65. The van der Waals surface area contributed by atoms with Crippen molar-refractivity contribution < 1.29 is 5.11 Å². The Morgan fingerprint density at radius 3 is 2.11 bits per heavy atom. The molecule has 7 heteroatoms. The van der Waals surface area contributed by atoms with Crippen LogP contribution < -0.4 is 0 Å². The summed E-state index contributed by atoms with van der Waals surface area (Å²) in [5.41, 5.74) is 0. The molecule has 0 aromatic heterocycles. The van der Waals surface area contributed by atoms with Crippen LogP contribution in [0.15, 0.2) is 44.9 Å². The summed E-state index contributed by atoms with van der Waals surface area (Å²) in [4.78, 5) is 2.44. The Hall–Kier alpha value is 0.600. The van der Waals surface area contributed by atoms with Gasteiger partial charge in [0, 0.05) is 21.3 Å². The van der Waals surface area contributed by atoms with E-state index in [1.54, 1.807) is 17.8 Å². The molecule has 3 heterocycles. The average Bonchev–Trinajstić information content (AvgIpc) is 3.00. The second kappa shape index (κ2) is 5.42. The molecule has 3 aliphatic heterocycles. The molecular formula is C12H8OS6. The number of phenols is 1. The number of rotatable bonds is 0. The first kappa shape index (κ1) is 13.3. The maximum Gasteiger partial charge on any atom is 0.116 e. The second-order valence-electron chi connectivity index (χ2n) is 3.89. The Morgan fingerprint density at radius 1 is 0.737 bits per heavy atom. The first-order valence-corrected chi connectivity index (χ1v) is 10.8. The Morgan fingerprint density at radius 2 is 1.37 bits per heavy atom. The highest BCUT2D eigenvalue weighted by atomic mass is 32.3. The molecule has 0 amide bonds. The van der Waals surface area contributed by atoms with Crippen LogP contribution in [-0.2, 0) is 0 Å². The lowest BCUT2D eigenvalue weighted by atomic mass is 10.3. The van der Waals surface area contributed by atoms with Crippen LogP contribution in [0.2, 0.25) is 0 Å². The molecule has 3 aliphatic rings. The van der Waals surface area contributed by atoms with Crippen molar-refractivity contribution >= 4 is 70.6 Å². The van der Waals surface area contributed by atoms with Crippen molar-refractivity contribution in [2.24, 2.45) is 0 Å². The maximum absolute atomic E-state index is 9.55. The van der Waals surface area contributed by atoms with Crippen LogP contribution >= 0.6 is 70.6 Å². The van der Waals surface area contributed by atoms with E-state index in [1.165, 1.54) is 38.2 Å². The molecule has 1 aromatic rings. The third kappa shape index (κ3) is 2.58. The summed E-state index contributed by atoms with van der Waals surface area (Å²) in [5, 5.41) is 9.55. The molecule has 0 fully saturated rings. The molecule has 0 saturated heterocycles. The van der Waals surface area contributed by atoms with Crippen LogP contribution in [0.4, 0.5) is 0 Å². The highest BCUT2D eigenvalue weighted by Gasteiger charge is 2.30. The van der Waals surface area contributed by atoms with Crippen LogP contribution in [0.3, 0.4) is 0 Å². The number of aromatic hydroxyl groups is 1. The van der Waals surface area contributed by atoms with E-state index in [2.05, 4.69) is 0 Å². The Bertz CT molecular complexity index is 601. The SMILES string of the molecule is Oc1ccc2c(c1)SC(=C1SC3=C(SCCS3)S1)S2. The molecule has 98 valence electrons. The Balaban J connectivity index is 1.61. The summed E-state index contributed by atoms with van der Waals surface area (Å²) in [6, 6.07) is 5.64. The van der Waals surface area contributed by atoms with Crippen molar-refractivity contribution in [1.29, 1.82) is 0 Å². The van der Waals surface area contributed by atoms with Gasteiger partial charge in [-0.15, -0.1) is 23.5 Å². The number of thioether (sulfide) groups is 6. The molecule has 1 aromatic carbocycles. The van der Waals surface area contributed by atoms with Crippen LogP contribution in [0.1, 0.15) is 0 Å². The van der Waals surface area contributed by atoms with Crippen LogP contribution in [-0.4, -0.2) is 16.6 Å². The molecule has 0 radical (unpaired) electrons. The number of hydrogen-bond acceptors (Lipinski definition) is 7. The average molecular weight is 361 g/mol. The third-order valence-electron chi connectivity index (χ3n) is 2.59. The van der Waals surface area contributed by atoms with Gasteiger partial charge in [0.2, 0.25) is 0 Å². The highest BCUT2D eigenvalue weighted by molar-refractivity contribution is 8.42. The molecule has 4 rings (SSSR count). The molecule has 1 nitrogen and oxygen atoms in total. The lowest BCUT2D eigenvalue weighted by Crippen LogP contribution is -1.88. The summed E-state index contributed by atoms with van der Waals surface area (Å²) in [6.07, 6.45) is 0. The van der Waals surface area contributed by atoms with E-state index in [9.17, 15) is 5.11 Å². The van der Waals surface area contributed by atoms with Crippen molar-refractivity contribution in [2.75, 3.05) is 11.5 Å². The molecule has 0 bridgehead atoms. The van der Waals surface area contributed by atoms with Crippen molar-refractivity contribution in [3.8, 4) is 5.75 Å². The predicted molar refractivity (Wildman–Crippen MR) is 94.0 cm³/mol. The molecule has 19 heavy (non-hydrogen) atoms. The van der Waals surface area contributed by atoms with Crippen molar-refractivity contribution in [3.63, 3.8) is 0 Å². The van der Waals surface area contributed by atoms with E-state index in [1.807, 2.05) is 70.9 Å². The minimum absolute atomic E-state index is 0.355. The zero-order chi connectivity index (χ0) is 12.8. The maximum atomic E-state index is 9.55. The van der Waals surface area contributed by atoms with E-state index in [0.29, 0.717) is 5.75 Å². The third-order valence-corrected chi connectivity index (χ3v) is 11.4. The van der Waals surface area contributed by atoms with Gasteiger partial charge in [0.05, 0.1) is 16.9 Å². The molecular weight excluding hydrogens is 353 g/mol. The van der Waals surface area contributed by atoms with Crippen molar-refractivity contribution in [2.45, 2.75) is 9.79 Å². The van der Waals surface area contributed by atoms with E-state index < -0.39 is 0 Å². The van der Waals surface area contributed by atoms with Crippen LogP contribution in [0.25, 0.3) is 0 Å². The summed E-state index contributed by atoms with van der Waals surface area (Å²) < 4.78 is 5.76. The van der Waals surface area contributed by atoms with Gasteiger partial charge in [-0.2, -0.15) is 0 Å². The monoisotopic (exact) mass is 360 g/mol. The minimum Gasteiger partial charge on any atom is -0.508 e. The zero-order valence-electron chi connectivity index (χ0n) is 9.54. The summed E-state index contributed by atoms with van der Waals surface area (Å²) in [6.45, 7) is 0. The number of hydrogen-bond donors (Lipinski definition) is 1. The lowest BCUT2D eigenvalue weighted by molar-refractivity contribution is 0.473. The molecule has 0 unspecified atom stereocenters. The normalized spacial score (nSPS) is 21.9. The van der Waals surface area contributed by atoms with Gasteiger partial charge in [0.15, 0.2) is 0 Å². The van der Waals surface area contributed by atoms with E-state index in [0.717, 1.165) is 0 Å². The molecule has 0 spiro atoms. The van der Waals surface area contributed by atoms with Crippen LogP contribution in [0, 0.1) is 0 Å². The smallest absolute Gasteiger partial charge is 0.116 e. The van der Waals surface area contributed by atoms with Gasteiger partial charge in [-0.25, -0.2) is 0 Å². The number of fused-ring (bicyclic) bond motifs is 1. The van der Waals surface area contributed by atoms with Crippen molar-refractivity contribution in [1.82, 2.24) is 0 Å². The topological polar surface area (TPSA) is 20.2 Å². The molecule has 0 aliphatic carbocycles. The van der Waals surface area contributed by atoms with Gasteiger partial charge in [0.1, 0.15) is 5.75 Å². The van der Waals surface area contributed by atoms with E-state index >= 15 is 0 Å². The van der Waals surface area contributed by atoms with Gasteiger partial charge in [-0.1, -0.05) is 47.0 Å². The summed E-state index contributed by atoms with van der Waals surface area (Å²) in [7, 11) is 0. The largest absolute Gasteiger partial charge is 0.508 e. The Labute approximate surface area is 137 Å².